The van der Waals surface area contributed by atoms with Crippen molar-refractivity contribution in [3.8, 4) is 23.0 Å². The highest BCUT2D eigenvalue weighted by Gasteiger charge is 2.33. The molecule has 238 valence electrons. The van der Waals surface area contributed by atoms with E-state index in [1.165, 1.54) is 23.6 Å². The van der Waals surface area contributed by atoms with Crippen molar-refractivity contribution in [3.63, 3.8) is 0 Å². The van der Waals surface area contributed by atoms with Gasteiger partial charge in [-0.2, -0.15) is 5.26 Å². The average molecular weight is 670 g/mol. The Kier molecular flexibility index (Phi) is 8.90. The van der Waals surface area contributed by atoms with Crippen LogP contribution in [0.2, 0.25) is 10.0 Å². The number of carbonyl (C=O) groups excluding carboxylic acids is 1. The van der Waals surface area contributed by atoms with Gasteiger partial charge in [0.05, 0.1) is 32.8 Å². The van der Waals surface area contributed by atoms with Gasteiger partial charge in [0.1, 0.15) is 17.3 Å². The van der Waals surface area contributed by atoms with Crippen LogP contribution in [0, 0.1) is 42.6 Å². The van der Waals surface area contributed by atoms with E-state index in [1.54, 1.807) is 24.1 Å². The highest BCUT2D eigenvalue weighted by molar-refractivity contribution is 6.34. The van der Waals surface area contributed by atoms with Gasteiger partial charge in [0.2, 0.25) is 5.91 Å². The monoisotopic (exact) mass is 668 g/mol. The Hall–Kier alpha value is -4.40. The summed E-state index contributed by atoms with van der Waals surface area (Å²) < 4.78 is 45.7. The lowest BCUT2D eigenvalue weighted by Gasteiger charge is -2.41. The molecule has 3 aromatic heterocycles. The minimum atomic E-state index is -1.80. The molecule has 0 unspecified atom stereocenters. The van der Waals surface area contributed by atoms with Crippen LogP contribution in [0.25, 0.3) is 28.0 Å². The minimum Gasteiger partial charge on any atom is -0.366 e. The molecule has 1 saturated heterocycles. The lowest BCUT2D eigenvalue weighted by Crippen LogP contribution is -2.54. The molecule has 46 heavy (non-hydrogen) atoms. The number of rotatable bonds is 5. The second-order valence-electron chi connectivity index (χ2n) is 11.5. The van der Waals surface area contributed by atoms with E-state index >= 15 is 4.39 Å². The third-order valence-electron chi connectivity index (χ3n) is 8.25. The molecule has 13 heteroatoms. The highest BCUT2D eigenvalue weighted by atomic mass is 35.5. The minimum absolute atomic E-state index is 0.0201. The van der Waals surface area contributed by atoms with Crippen molar-refractivity contribution in [2.45, 2.75) is 46.6 Å². The number of benzene rings is 1. The summed E-state index contributed by atoms with van der Waals surface area (Å²) >= 11 is 12.8. The third kappa shape index (κ3) is 5.19. The quantitative estimate of drug-likeness (QED) is 0.129. The van der Waals surface area contributed by atoms with Crippen LogP contribution >= 0.6 is 23.2 Å². The Bertz CT molecular complexity index is 2030. The molecule has 0 aliphatic carbocycles. The Balaban J connectivity index is 1.94. The van der Waals surface area contributed by atoms with Gasteiger partial charge in [0.25, 0.3) is 5.56 Å². The molecule has 1 atom stereocenters. The van der Waals surface area contributed by atoms with Gasteiger partial charge in [0, 0.05) is 42.8 Å². The predicted molar refractivity (Wildman–Crippen MR) is 172 cm³/mol. The maximum atomic E-state index is 15.4. The summed E-state index contributed by atoms with van der Waals surface area (Å²) in [5.41, 5.74) is -0.0834. The van der Waals surface area contributed by atoms with Gasteiger partial charge in [-0.1, -0.05) is 43.6 Å². The number of pyridine rings is 3. The number of halogens is 5. The smallest absolute Gasteiger partial charge is 0.276 e. The number of piperazine rings is 1. The largest absolute Gasteiger partial charge is 0.366 e. The molecule has 5 rings (SSSR count). The SMILES string of the molecule is C=CC(=O)N1CCN(c2c(C#N)c(=O)n(-c3c(C)ccnc3C(C)C)c3nc(-c4c(C)c(Cl)c(F)c(F)c4F)c(Cl)cc23)C[C@H]1C. The van der Waals surface area contributed by atoms with Crippen LogP contribution in [0.3, 0.4) is 0 Å². The maximum Gasteiger partial charge on any atom is 0.276 e. The number of anilines is 1. The summed E-state index contributed by atoms with van der Waals surface area (Å²) in [4.78, 5) is 39.5. The van der Waals surface area contributed by atoms with Crippen LogP contribution in [0.5, 0.6) is 0 Å². The van der Waals surface area contributed by atoms with Crippen LogP contribution in [0.15, 0.2) is 35.8 Å². The number of hydrogen-bond acceptors (Lipinski definition) is 6. The summed E-state index contributed by atoms with van der Waals surface area (Å²) in [6.45, 7) is 13.0. The molecule has 0 spiro atoms. The van der Waals surface area contributed by atoms with Gasteiger partial charge in [-0.3, -0.25) is 19.1 Å². The van der Waals surface area contributed by atoms with Crippen molar-refractivity contribution in [1.29, 1.82) is 5.26 Å². The van der Waals surface area contributed by atoms with E-state index in [0.717, 1.165) is 0 Å². The van der Waals surface area contributed by atoms with Gasteiger partial charge in [-0.15, -0.1) is 0 Å². The Morgan fingerprint density at radius 2 is 1.85 bits per heavy atom. The van der Waals surface area contributed by atoms with E-state index in [1.807, 2.05) is 25.7 Å². The fourth-order valence-electron chi connectivity index (χ4n) is 5.99. The topological polar surface area (TPSA) is 95.1 Å². The zero-order valence-corrected chi connectivity index (χ0v) is 27.2. The molecule has 4 heterocycles. The first-order valence-corrected chi connectivity index (χ1v) is 15.2. The molecule has 1 aliphatic rings. The molecule has 1 aromatic carbocycles. The van der Waals surface area contributed by atoms with Crippen LogP contribution in [0.4, 0.5) is 18.9 Å². The molecule has 1 aliphatic heterocycles. The van der Waals surface area contributed by atoms with Crippen molar-refractivity contribution < 1.29 is 18.0 Å². The second kappa shape index (κ2) is 12.4. The van der Waals surface area contributed by atoms with Crippen LogP contribution in [-0.4, -0.2) is 51.0 Å². The average Bonchev–Trinajstić information content (AvgIpc) is 3.02. The van der Waals surface area contributed by atoms with E-state index in [4.69, 9.17) is 23.2 Å². The van der Waals surface area contributed by atoms with Crippen molar-refractivity contribution in [1.82, 2.24) is 19.4 Å². The fraction of sp³-hybridized carbons (Fsp3) is 0.303. The number of carbonyl (C=O) groups is 1. The van der Waals surface area contributed by atoms with Gasteiger partial charge in [0.15, 0.2) is 17.5 Å². The number of amides is 1. The number of fused-ring (bicyclic) bond motifs is 1. The van der Waals surface area contributed by atoms with Crippen LogP contribution < -0.4 is 10.5 Å². The van der Waals surface area contributed by atoms with E-state index in [9.17, 15) is 23.6 Å². The fourth-order valence-corrected chi connectivity index (χ4v) is 6.42. The molecule has 1 amide bonds. The van der Waals surface area contributed by atoms with Gasteiger partial charge in [-0.25, -0.2) is 18.2 Å². The Morgan fingerprint density at radius 1 is 1.15 bits per heavy atom. The lowest BCUT2D eigenvalue weighted by atomic mass is 10.0. The number of hydrogen-bond donors (Lipinski definition) is 0. The first kappa shape index (κ1) is 33.0. The summed E-state index contributed by atoms with van der Waals surface area (Å²) in [7, 11) is 0. The molecule has 0 radical (unpaired) electrons. The van der Waals surface area contributed by atoms with E-state index in [2.05, 4.69) is 22.6 Å². The van der Waals surface area contributed by atoms with Gasteiger partial charge >= 0.3 is 0 Å². The molecule has 0 N–H and O–H groups in total. The molecule has 4 aromatic rings. The number of nitrogens with zero attached hydrogens (tertiary/aromatic N) is 6. The number of aryl methyl sites for hydroxylation is 1. The molecule has 1 fully saturated rings. The zero-order valence-electron chi connectivity index (χ0n) is 25.7. The predicted octanol–water partition coefficient (Wildman–Crippen LogP) is 7.01. The van der Waals surface area contributed by atoms with Crippen molar-refractivity contribution in [3.05, 3.63) is 91.2 Å². The van der Waals surface area contributed by atoms with Crippen molar-refractivity contribution >= 4 is 45.8 Å². The standard InChI is InChI=1S/C33H29Cl2F3N6O2/c1-7-22(45)43-11-10-42(14-17(43)5)31-19-12-21(34)29(23-18(6)24(35)26(37)27(38)25(23)36)41-32(19)44(33(46)20(31)13-39)30-16(4)8-9-40-28(30)15(2)3/h7-9,12,15,17H,1,10-11,14H2,2-6H3/t17-/m1/s1. The molecular formula is C33H29Cl2F3N6O2. The molecule has 0 saturated carbocycles. The maximum absolute atomic E-state index is 15.4. The van der Waals surface area contributed by atoms with Gasteiger partial charge < -0.3 is 9.80 Å². The zero-order chi connectivity index (χ0) is 33.8. The number of aromatic nitrogens is 3. The summed E-state index contributed by atoms with van der Waals surface area (Å²) in [6, 6.07) is 4.87. The molecule has 8 nitrogen and oxygen atoms in total. The first-order chi connectivity index (χ1) is 21.7. The summed E-state index contributed by atoms with van der Waals surface area (Å²) in [6.07, 6.45) is 2.83. The van der Waals surface area contributed by atoms with E-state index in [-0.39, 0.29) is 76.1 Å². The van der Waals surface area contributed by atoms with Crippen LogP contribution in [0.1, 0.15) is 49.1 Å². The normalized spacial score (nSPS) is 15.0. The number of nitriles is 1. The van der Waals surface area contributed by atoms with E-state index < -0.39 is 33.6 Å². The van der Waals surface area contributed by atoms with Crippen LogP contribution in [-0.2, 0) is 4.79 Å². The first-order valence-electron chi connectivity index (χ1n) is 14.4. The molecular weight excluding hydrogens is 640 g/mol. The van der Waals surface area contributed by atoms with Crippen molar-refractivity contribution in [2.75, 3.05) is 24.5 Å². The lowest BCUT2D eigenvalue weighted by molar-refractivity contribution is -0.128. The Morgan fingerprint density at radius 3 is 2.46 bits per heavy atom. The molecule has 0 bridgehead atoms. The Labute approximate surface area is 273 Å². The third-order valence-corrected chi connectivity index (χ3v) is 8.99. The van der Waals surface area contributed by atoms with Crippen molar-refractivity contribution in [2.24, 2.45) is 0 Å². The summed E-state index contributed by atoms with van der Waals surface area (Å²) in [5, 5.41) is 9.90. The van der Waals surface area contributed by atoms with E-state index in [0.29, 0.717) is 16.9 Å². The highest BCUT2D eigenvalue weighted by Crippen LogP contribution is 2.41. The van der Waals surface area contributed by atoms with Gasteiger partial charge in [-0.05, 0) is 56.0 Å². The summed E-state index contributed by atoms with van der Waals surface area (Å²) in [5.74, 6) is -5.32. The second-order valence-corrected chi connectivity index (χ2v) is 12.3.